The van der Waals surface area contributed by atoms with Crippen molar-refractivity contribution in [2.24, 2.45) is 17.3 Å². The molecule has 0 spiro atoms. The van der Waals surface area contributed by atoms with E-state index in [0.717, 1.165) is 37.1 Å². The fourth-order valence-corrected chi connectivity index (χ4v) is 9.42. The molecule has 24 nitrogen and oxygen atoms in total. The topological polar surface area (TPSA) is 410 Å². The predicted molar refractivity (Wildman–Crippen MR) is 257 cm³/mol. The molecule has 0 bridgehead atoms. The van der Waals surface area contributed by atoms with E-state index in [1.165, 1.54) is 13.8 Å². The Morgan fingerprint density at radius 2 is 1.17 bits per heavy atom. The van der Waals surface area contributed by atoms with Gasteiger partial charge in [-0.25, -0.2) is 9.59 Å². The molecule has 0 aromatic heterocycles. The number of carbonyl (C=O) groups is 3. The summed E-state index contributed by atoms with van der Waals surface area (Å²) in [7, 11) is 0. The molecule has 3 aromatic carbocycles. The van der Waals surface area contributed by atoms with Crippen LogP contribution in [0.2, 0.25) is 0 Å². The average Bonchev–Trinajstić information content (AvgIpc) is 3.36. The van der Waals surface area contributed by atoms with E-state index in [1.807, 2.05) is 20.8 Å². The van der Waals surface area contributed by atoms with Gasteiger partial charge in [0.1, 0.15) is 66.5 Å². The van der Waals surface area contributed by atoms with Gasteiger partial charge in [0, 0.05) is 41.2 Å². The van der Waals surface area contributed by atoms with E-state index < -0.39 is 144 Å². The van der Waals surface area contributed by atoms with Crippen molar-refractivity contribution in [1.82, 2.24) is 0 Å². The number of phenolic OH excluding ortho intramolecular Hbond substituents is 8. The molecule has 24 heteroatoms. The molecule has 0 radical (unpaired) electrons. The van der Waals surface area contributed by atoms with Crippen LogP contribution in [0.4, 0.5) is 0 Å². The zero-order chi connectivity index (χ0) is 56.1. The second kappa shape index (κ2) is 24.8. The van der Waals surface area contributed by atoms with Gasteiger partial charge in [0.2, 0.25) is 6.29 Å². The van der Waals surface area contributed by atoms with Crippen LogP contribution in [0.25, 0.3) is 0 Å². The molecule has 14 atom stereocenters. The van der Waals surface area contributed by atoms with Crippen molar-refractivity contribution >= 4 is 17.7 Å². The highest BCUT2D eigenvalue weighted by Gasteiger charge is 2.55. The zero-order valence-electron chi connectivity index (χ0n) is 42.4. The summed E-state index contributed by atoms with van der Waals surface area (Å²) in [4.78, 5) is 37.5. The first-order valence-corrected chi connectivity index (χ1v) is 24.4. The van der Waals surface area contributed by atoms with Crippen LogP contribution in [0.5, 0.6) is 51.7 Å². The number of Topliss-reactive ketones (excluding diaryl/α,β-unsaturated/α-hetero) is 1. The number of carbonyl (C=O) groups excluding carboxylic acids is 3. The molecule has 0 amide bonds. The largest absolute Gasteiger partial charge is 0.507 e. The summed E-state index contributed by atoms with van der Waals surface area (Å²) < 4.78 is 33.5. The quantitative estimate of drug-likeness (QED) is 0.0555. The number of ketones is 1. The SMILES string of the molecule is CCCC(=O)c1c(O)c(C)c(O)c(C)c1O[C@@H]1O[C@H](COC(=O)c2cc(O)c(O)c(O)c2)[C@@H](O)[C@H](O)[C@H]1O.CCCCC1C(O)C(C)C(O)C(C)(C)C1O[C@@H]1O[C@H](COC(=O)c2cc(O)c(O)c(O)c2)C[C@H](O)[C@H]1O. The van der Waals surface area contributed by atoms with Crippen LogP contribution >= 0.6 is 0 Å². The molecule has 75 heavy (non-hydrogen) atoms. The van der Waals surface area contributed by atoms with Gasteiger partial charge in [0.05, 0.1) is 41.6 Å². The molecule has 2 heterocycles. The third kappa shape index (κ3) is 13.0. The van der Waals surface area contributed by atoms with Crippen LogP contribution in [-0.4, -0.2) is 181 Å². The van der Waals surface area contributed by atoms with E-state index in [1.54, 1.807) is 13.8 Å². The van der Waals surface area contributed by atoms with E-state index in [0.29, 0.717) is 12.8 Å². The maximum absolute atomic E-state index is 12.8. The van der Waals surface area contributed by atoms with Crippen molar-refractivity contribution in [3.63, 3.8) is 0 Å². The van der Waals surface area contributed by atoms with E-state index in [9.17, 15) is 91.0 Å². The number of aliphatic hydroxyl groups excluding tert-OH is 7. The van der Waals surface area contributed by atoms with Gasteiger partial charge in [-0.3, -0.25) is 4.79 Å². The van der Waals surface area contributed by atoms with Gasteiger partial charge in [-0.1, -0.05) is 47.5 Å². The molecule has 5 unspecified atom stereocenters. The fraction of sp³-hybridized carbons (Fsp3) is 0.588. The van der Waals surface area contributed by atoms with Crippen LogP contribution in [0, 0.1) is 31.1 Å². The van der Waals surface area contributed by atoms with Crippen molar-refractivity contribution in [3.8, 4) is 51.7 Å². The first kappa shape index (κ1) is 59.9. The number of hydrogen-bond acceptors (Lipinski definition) is 24. The van der Waals surface area contributed by atoms with Gasteiger partial charge in [-0.15, -0.1) is 0 Å². The Morgan fingerprint density at radius 3 is 1.69 bits per heavy atom. The number of phenols is 8. The monoisotopic (exact) mass is 1070 g/mol. The highest BCUT2D eigenvalue weighted by molar-refractivity contribution is 6.02. The van der Waals surface area contributed by atoms with Crippen LogP contribution in [-0.2, 0) is 23.7 Å². The van der Waals surface area contributed by atoms with Crippen LogP contribution in [0.15, 0.2) is 24.3 Å². The molecule has 15 N–H and O–H groups in total. The third-order valence-corrected chi connectivity index (χ3v) is 14.0. The summed E-state index contributed by atoms with van der Waals surface area (Å²) in [6.07, 6.45) is -13.2. The maximum atomic E-state index is 12.8. The summed E-state index contributed by atoms with van der Waals surface area (Å²) >= 11 is 0. The molecule has 3 aliphatic rings. The normalized spacial score (nSPS) is 29.4. The summed E-state index contributed by atoms with van der Waals surface area (Å²) in [5.74, 6) is -9.02. The lowest BCUT2D eigenvalue weighted by molar-refractivity contribution is -0.319. The van der Waals surface area contributed by atoms with E-state index in [4.69, 9.17) is 28.4 Å². The second-order valence-electron chi connectivity index (χ2n) is 19.8. The van der Waals surface area contributed by atoms with Gasteiger partial charge in [0.25, 0.3) is 0 Å². The van der Waals surface area contributed by atoms with Gasteiger partial charge < -0.3 is 105 Å². The van der Waals surface area contributed by atoms with Crippen molar-refractivity contribution in [3.05, 3.63) is 52.1 Å². The van der Waals surface area contributed by atoms with Gasteiger partial charge >= 0.3 is 11.9 Å². The van der Waals surface area contributed by atoms with Crippen LogP contribution < -0.4 is 4.74 Å². The molecule has 3 aromatic rings. The lowest BCUT2D eigenvalue weighted by Crippen LogP contribution is -2.62. The van der Waals surface area contributed by atoms with Gasteiger partial charge in [0.15, 0.2) is 46.6 Å². The van der Waals surface area contributed by atoms with Crippen molar-refractivity contribution in [1.29, 1.82) is 0 Å². The molecular formula is C51H70O24. The van der Waals surface area contributed by atoms with E-state index >= 15 is 0 Å². The van der Waals surface area contributed by atoms with E-state index in [-0.39, 0.29) is 70.6 Å². The third-order valence-electron chi connectivity index (χ3n) is 14.0. The Kier molecular flexibility index (Phi) is 19.8. The highest BCUT2D eigenvalue weighted by atomic mass is 16.7. The Morgan fingerprint density at radius 1 is 0.640 bits per heavy atom. The van der Waals surface area contributed by atoms with E-state index in [2.05, 4.69) is 0 Å². The number of unbranched alkanes of at least 4 members (excludes halogenated alkanes) is 1. The maximum Gasteiger partial charge on any atom is 0.338 e. The minimum absolute atomic E-state index is 0.0317. The summed E-state index contributed by atoms with van der Waals surface area (Å²) in [6, 6.07) is 3.52. The molecule has 1 saturated carbocycles. The molecule has 3 fully saturated rings. The summed E-state index contributed by atoms with van der Waals surface area (Å²) in [6.45, 7) is 11.0. The number of hydrogen-bond donors (Lipinski definition) is 15. The minimum Gasteiger partial charge on any atom is -0.507 e. The molecule has 1 aliphatic carbocycles. The molecule has 6 rings (SSSR count). The highest BCUT2D eigenvalue weighted by Crippen LogP contribution is 2.48. The molecular weight excluding hydrogens is 997 g/mol. The first-order chi connectivity index (χ1) is 35.1. The number of esters is 2. The number of benzene rings is 3. The minimum atomic E-state index is -1.86. The standard InChI is InChI=1S/C26H40O11.C25H30O13/c1-5-6-7-15-19(30)12(2)22(33)26(3,4)23(15)37-25-21(32)18(29)10-14(36-25)11-35-24(34)13-8-16(27)20(31)17(28)9-13;1-4-5-12(26)16-18(30)9(2)17(29)10(3)23(16)38-25-22(34)21(33)20(32)15(37-25)8-36-24(35)11-6-13(27)19(31)14(28)7-11/h8-9,12,14-15,18-19,21-23,25,27-33H,5-7,10-11H2,1-4H3;6-7,15,20-22,25,27-34H,4-5,8H2,1-3H3/t12?,14-,15?,18-,19?,21+,22?,23?,25-;15-,20-,21+,22-,25+/m01/s1. The molecule has 2 saturated heterocycles. The van der Waals surface area contributed by atoms with Crippen LogP contribution in [0.3, 0.4) is 0 Å². The van der Waals surface area contributed by atoms with Gasteiger partial charge in [-0.05, 0) is 51.0 Å². The Bertz CT molecular complexity index is 2450. The smallest absolute Gasteiger partial charge is 0.338 e. The zero-order valence-corrected chi connectivity index (χ0v) is 42.4. The lowest BCUT2D eigenvalue weighted by atomic mass is 9.61. The summed E-state index contributed by atoms with van der Waals surface area (Å²) in [5.41, 5.74) is -1.54. The predicted octanol–water partition coefficient (Wildman–Crippen LogP) is 2.24. The first-order valence-electron chi connectivity index (χ1n) is 24.4. The van der Waals surface area contributed by atoms with Crippen molar-refractivity contribution in [2.45, 2.75) is 161 Å². The van der Waals surface area contributed by atoms with Crippen molar-refractivity contribution in [2.75, 3.05) is 13.2 Å². The molecule has 2 aliphatic heterocycles. The lowest BCUT2D eigenvalue weighted by Gasteiger charge is -2.53. The Labute approximate surface area is 431 Å². The number of rotatable bonds is 16. The number of ether oxygens (including phenoxy) is 6. The number of aliphatic hydroxyl groups is 7. The Balaban J connectivity index is 0.000000277. The van der Waals surface area contributed by atoms with Crippen molar-refractivity contribution < 1.29 is 119 Å². The summed E-state index contributed by atoms with van der Waals surface area (Å²) in [5, 5.41) is 152. The second-order valence-corrected chi connectivity index (χ2v) is 19.8. The van der Waals surface area contributed by atoms with Crippen LogP contribution in [0.1, 0.15) is 115 Å². The average molecular weight is 1070 g/mol. The number of aromatic hydroxyl groups is 8. The Hall–Kier alpha value is -5.93. The molecule has 418 valence electrons. The fourth-order valence-electron chi connectivity index (χ4n) is 9.42. The van der Waals surface area contributed by atoms with Gasteiger partial charge in [-0.2, -0.15) is 0 Å².